The maximum Gasteiger partial charge on any atom is 0.335 e. The van der Waals surface area contributed by atoms with E-state index in [9.17, 15) is 22.9 Å². The fourth-order valence-corrected chi connectivity index (χ4v) is 5.74. The van der Waals surface area contributed by atoms with Gasteiger partial charge < -0.3 is 10.4 Å². The van der Waals surface area contributed by atoms with Crippen LogP contribution in [0.1, 0.15) is 54.6 Å². The van der Waals surface area contributed by atoms with Gasteiger partial charge in [0.25, 0.3) is 10.1 Å². The van der Waals surface area contributed by atoms with Gasteiger partial charge in [-0.05, 0) is 95.6 Å². The van der Waals surface area contributed by atoms with Crippen molar-refractivity contribution in [1.29, 1.82) is 0 Å². The first-order valence-electron chi connectivity index (χ1n) is 13.0. The highest BCUT2D eigenvalue weighted by Gasteiger charge is 2.35. The van der Waals surface area contributed by atoms with Crippen LogP contribution in [0.3, 0.4) is 0 Å². The van der Waals surface area contributed by atoms with E-state index in [0.29, 0.717) is 0 Å². The summed E-state index contributed by atoms with van der Waals surface area (Å²) in [4.78, 5) is 16.0. The summed E-state index contributed by atoms with van der Waals surface area (Å²) in [7, 11) is -4.31. The predicted octanol–water partition coefficient (Wildman–Crippen LogP) is 7.19. The van der Waals surface area contributed by atoms with Crippen LogP contribution in [-0.2, 0) is 15.5 Å². The number of hydrogen-bond acceptors (Lipinski definition) is 5. The minimum atomic E-state index is -4.31. The van der Waals surface area contributed by atoms with E-state index in [4.69, 9.17) is 4.99 Å². The zero-order valence-electron chi connectivity index (χ0n) is 22.3. The summed E-state index contributed by atoms with van der Waals surface area (Å²) in [5.41, 5.74) is 7.16. The summed E-state index contributed by atoms with van der Waals surface area (Å²) in [5.74, 6) is -0.971. The zero-order chi connectivity index (χ0) is 28.5. The third kappa shape index (κ3) is 5.54. The third-order valence-corrected chi connectivity index (χ3v) is 8.29. The highest BCUT2D eigenvalue weighted by molar-refractivity contribution is 7.85. The lowest BCUT2D eigenvalue weighted by atomic mass is 9.81. The summed E-state index contributed by atoms with van der Waals surface area (Å²) < 4.78 is 33.0. The number of aliphatic imine (C=N–C) groups is 1. The van der Waals surface area contributed by atoms with Gasteiger partial charge in [-0.2, -0.15) is 8.42 Å². The van der Waals surface area contributed by atoms with Crippen LogP contribution in [0, 0.1) is 0 Å². The average molecular weight is 555 g/mol. The van der Waals surface area contributed by atoms with Gasteiger partial charge >= 0.3 is 5.97 Å². The molecule has 0 unspecified atom stereocenters. The molecule has 0 fully saturated rings. The Kier molecular flexibility index (Phi) is 7.31. The van der Waals surface area contributed by atoms with Crippen molar-refractivity contribution in [3.63, 3.8) is 0 Å². The van der Waals surface area contributed by atoms with E-state index in [2.05, 4.69) is 11.4 Å². The molecule has 2 aliphatic rings. The van der Waals surface area contributed by atoms with E-state index in [1.54, 1.807) is 18.2 Å². The molecule has 0 saturated heterocycles. The number of nitrogens with one attached hydrogen (secondary N) is 1. The van der Waals surface area contributed by atoms with Crippen LogP contribution in [0.4, 0.5) is 11.4 Å². The van der Waals surface area contributed by atoms with Gasteiger partial charge in [0.2, 0.25) is 0 Å². The lowest BCUT2D eigenvalue weighted by molar-refractivity contribution is 0.0697. The molecule has 3 aromatic rings. The molecule has 0 bridgehead atoms. The Labute approximate surface area is 234 Å². The van der Waals surface area contributed by atoms with Crippen LogP contribution >= 0.6 is 0 Å². The molecule has 40 heavy (non-hydrogen) atoms. The van der Waals surface area contributed by atoms with Crippen LogP contribution in [0.2, 0.25) is 0 Å². The Morgan fingerprint density at radius 3 is 2.38 bits per heavy atom. The molecule has 3 aromatic carbocycles. The summed E-state index contributed by atoms with van der Waals surface area (Å²) >= 11 is 0. The topological polar surface area (TPSA) is 116 Å². The van der Waals surface area contributed by atoms with Crippen LogP contribution in [0.5, 0.6) is 0 Å². The molecule has 7 nitrogen and oxygen atoms in total. The average Bonchev–Trinajstić information content (AvgIpc) is 3.19. The number of fused-ring (bicyclic) bond motifs is 1. The first-order chi connectivity index (χ1) is 19.0. The van der Waals surface area contributed by atoms with Crippen LogP contribution < -0.4 is 5.32 Å². The summed E-state index contributed by atoms with van der Waals surface area (Å²) in [6.07, 6.45) is 8.62. The minimum absolute atomic E-state index is 0.134. The Morgan fingerprint density at radius 1 is 0.975 bits per heavy atom. The van der Waals surface area contributed by atoms with Crippen molar-refractivity contribution in [2.24, 2.45) is 4.99 Å². The smallest absolute Gasteiger partial charge is 0.335 e. The molecule has 0 radical (unpaired) electrons. The Balaban J connectivity index is 1.57. The largest absolute Gasteiger partial charge is 0.478 e. The van der Waals surface area contributed by atoms with Gasteiger partial charge in [-0.3, -0.25) is 9.55 Å². The second-order valence-corrected chi connectivity index (χ2v) is 11.9. The maximum atomic E-state index is 11.7. The standard InChI is InChI=1S/C32H30N2O5S/c1-32(2)27-19-26(40(37,38)39)16-17-28(27)34-29(32)18-15-21-7-6-8-24(20-33-25-9-4-3-5-10-25)30(21)22-11-13-23(14-12-22)31(35)36/h3-5,9-20,34H,6-8H2,1-2H3,(H,35,36)(H,37,38,39)/b21-15+,29-18+,33-20?. The number of anilines is 1. The molecule has 3 N–H and O–H groups in total. The lowest BCUT2D eigenvalue weighted by Crippen LogP contribution is -2.17. The Morgan fingerprint density at radius 2 is 1.70 bits per heavy atom. The van der Waals surface area contributed by atoms with Gasteiger partial charge in [-0.25, -0.2) is 4.79 Å². The highest BCUT2D eigenvalue weighted by atomic mass is 32.2. The first-order valence-corrected chi connectivity index (χ1v) is 14.4. The third-order valence-electron chi connectivity index (χ3n) is 7.44. The second kappa shape index (κ2) is 10.7. The molecule has 0 amide bonds. The summed E-state index contributed by atoms with van der Waals surface area (Å²) in [6.45, 7) is 4.01. The van der Waals surface area contributed by atoms with Gasteiger partial charge in [0.15, 0.2) is 0 Å². The van der Waals surface area contributed by atoms with Crippen LogP contribution in [-0.4, -0.2) is 30.3 Å². The zero-order valence-corrected chi connectivity index (χ0v) is 23.1. The van der Waals surface area contributed by atoms with Crippen molar-refractivity contribution in [2.75, 3.05) is 5.32 Å². The molecule has 1 aliphatic carbocycles. The number of carboxylic acid groups (broad SMARTS) is 1. The van der Waals surface area contributed by atoms with Crippen molar-refractivity contribution in [2.45, 2.75) is 43.4 Å². The van der Waals surface area contributed by atoms with Gasteiger partial charge in [0, 0.05) is 23.0 Å². The fourth-order valence-electron chi connectivity index (χ4n) is 5.23. The number of rotatable bonds is 6. The van der Waals surface area contributed by atoms with Gasteiger partial charge in [0.1, 0.15) is 0 Å². The summed E-state index contributed by atoms with van der Waals surface area (Å²) in [5, 5.41) is 12.8. The Hall–Kier alpha value is -4.27. The number of allylic oxidation sites excluding steroid dienone is 6. The van der Waals surface area contributed by atoms with E-state index < -0.39 is 21.5 Å². The molecule has 1 aliphatic heterocycles. The maximum absolute atomic E-state index is 11.7. The highest BCUT2D eigenvalue weighted by Crippen LogP contribution is 2.44. The number of nitrogens with zero attached hydrogens (tertiary/aromatic N) is 1. The second-order valence-electron chi connectivity index (χ2n) is 10.4. The van der Waals surface area contributed by atoms with Crippen molar-refractivity contribution in [1.82, 2.24) is 0 Å². The van der Waals surface area contributed by atoms with E-state index in [1.807, 2.05) is 68.6 Å². The molecular formula is C32H30N2O5S. The molecule has 0 atom stereocenters. The SMILES string of the molecule is CC1(C)/C(=C\C=C2/CCCC(C=Nc3ccccc3)=C2c2ccc(C(=O)O)cc2)Nc2ccc(S(=O)(=O)O)cc21. The van der Waals surface area contributed by atoms with Crippen molar-refractivity contribution < 1.29 is 22.9 Å². The van der Waals surface area contributed by atoms with Crippen molar-refractivity contribution >= 4 is 39.2 Å². The van der Waals surface area contributed by atoms with Gasteiger partial charge in [-0.15, -0.1) is 0 Å². The number of carbonyl (C=O) groups is 1. The molecule has 5 rings (SSSR count). The van der Waals surface area contributed by atoms with E-state index in [-0.39, 0.29) is 10.5 Å². The first kappa shape index (κ1) is 27.3. The van der Waals surface area contributed by atoms with Crippen molar-refractivity contribution in [3.8, 4) is 0 Å². The van der Waals surface area contributed by atoms with Gasteiger partial charge in [-0.1, -0.05) is 50.3 Å². The summed E-state index contributed by atoms with van der Waals surface area (Å²) in [6, 6.07) is 21.2. The van der Waals surface area contributed by atoms with E-state index in [0.717, 1.165) is 64.2 Å². The predicted molar refractivity (Wildman–Crippen MR) is 158 cm³/mol. The molecule has 8 heteroatoms. The number of aromatic carboxylic acids is 1. The lowest BCUT2D eigenvalue weighted by Gasteiger charge is -2.23. The van der Waals surface area contributed by atoms with Crippen LogP contribution in [0.15, 0.2) is 112 Å². The van der Waals surface area contributed by atoms with E-state index >= 15 is 0 Å². The molecule has 0 spiro atoms. The molecule has 0 saturated carbocycles. The molecule has 0 aromatic heterocycles. The number of benzene rings is 3. The minimum Gasteiger partial charge on any atom is -0.478 e. The monoisotopic (exact) mass is 554 g/mol. The molecular weight excluding hydrogens is 524 g/mol. The number of para-hydroxylation sites is 1. The molecule has 204 valence electrons. The van der Waals surface area contributed by atoms with Crippen LogP contribution in [0.25, 0.3) is 5.57 Å². The Bertz CT molecular complexity index is 1700. The van der Waals surface area contributed by atoms with Gasteiger partial charge in [0.05, 0.1) is 16.1 Å². The number of carboxylic acids is 1. The normalized spacial score (nSPS) is 18.8. The number of hydrogen-bond donors (Lipinski definition) is 3. The van der Waals surface area contributed by atoms with Crippen molar-refractivity contribution in [3.05, 3.63) is 118 Å². The quantitative estimate of drug-likeness (QED) is 0.219. The molecule has 1 heterocycles. The van der Waals surface area contributed by atoms with E-state index in [1.165, 1.54) is 12.1 Å². The fraction of sp³-hybridized carbons (Fsp3) is 0.188.